The molecule has 0 radical (unpaired) electrons. The molecule has 3 aromatic rings. The lowest BCUT2D eigenvalue weighted by atomic mass is 9.95. The van der Waals surface area contributed by atoms with Crippen LogP contribution in [0.25, 0.3) is 11.3 Å². The summed E-state index contributed by atoms with van der Waals surface area (Å²) in [7, 11) is 0. The molecule has 0 fully saturated rings. The van der Waals surface area contributed by atoms with Gasteiger partial charge in [0, 0.05) is 35.1 Å². The van der Waals surface area contributed by atoms with E-state index in [2.05, 4.69) is 46.8 Å². The maximum absolute atomic E-state index is 5.51. The molecule has 2 aromatic heterocycles. The minimum Gasteiger partial charge on any atom is -0.349 e. The van der Waals surface area contributed by atoms with E-state index in [9.17, 15) is 0 Å². The van der Waals surface area contributed by atoms with Crippen molar-refractivity contribution in [1.29, 1.82) is 0 Å². The highest BCUT2D eigenvalue weighted by Crippen LogP contribution is 2.34. The molecule has 6 heteroatoms. The van der Waals surface area contributed by atoms with Gasteiger partial charge in [-0.1, -0.05) is 24.4 Å². The Morgan fingerprint density at radius 2 is 1.90 bits per heavy atom. The van der Waals surface area contributed by atoms with E-state index in [4.69, 9.17) is 22.2 Å². The average molecular weight is 402 g/mol. The van der Waals surface area contributed by atoms with Crippen LogP contribution in [0.3, 0.4) is 0 Å². The summed E-state index contributed by atoms with van der Waals surface area (Å²) in [4.78, 5) is 15.1. The minimum absolute atomic E-state index is 0.587. The maximum atomic E-state index is 5.51. The zero-order valence-electron chi connectivity index (χ0n) is 16.7. The SMILES string of the molecule is Cc1ccc2c(c1)NC(=S)Cc1cnc(Nc3cc4c(nc3C)CCCC4)nc1-2. The van der Waals surface area contributed by atoms with Crippen molar-refractivity contribution in [2.75, 3.05) is 10.6 Å². The van der Waals surface area contributed by atoms with Crippen molar-refractivity contribution in [3.63, 3.8) is 0 Å². The van der Waals surface area contributed by atoms with Gasteiger partial charge in [0.2, 0.25) is 5.95 Å². The molecule has 0 unspecified atom stereocenters. The van der Waals surface area contributed by atoms with Crippen LogP contribution in [-0.2, 0) is 19.3 Å². The molecule has 146 valence electrons. The number of thiocarbonyl (C=S) groups is 1. The fourth-order valence-corrected chi connectivity index (χ4v) is 4.41. The largest absolute Gasteiger partial charge is 0.349 e. The third-order valence-corrected chi connectivity index (χ3v) is 5.90. The predicted octanol–water partition coefficient (Wildman–Crippen LogP) is 5.07. The Balaban J connectivity index is 1.55. The van der Waals surface area contributed by atoms with Gasteiger partial charge in [0.15, 0.2) is 0 Å². The van der Waals surface area contributed by atoms with E-state index < -0.39 is 0 Å². The van der Waals surface area contributed by atoms with Gasteiger partial charge in [-0.2, -0.15) is 0 Å². The van der Waals surface area contributed by atoms with Crippen molar-refractivity contribution in [3.05, 3.63) is 58.5 Å². The van der Waals surface area contributed by atoms with Crippen LogP contribution in [0, 0.1) is 13.8 Å². The number of nitrogens with zero attached hydrogens (tertiary/aromatic N) is 3. The van der Waals surface area contributed by atoms with Crippen molar-refractivity contribution < 1.29 is 0 Å². The van der Waals surface area contributed by atoms with Crippen LogP contribution >= 0.6 is 12.2 Å². The lowest BCUT2D eigenvalue weighted by molar-refractivity contribution is 0.666. The topological polar surface area (TPSA) is 62.7 Å². The number of aromatic nitrogens is 3. The number of aryl methyl sites for hydroxylation is 4. The molecular weight excluding hydrogens is 378 g/mol. The zero-order chi connectivity index (χ0) is 20.0. The molecule has 2 aliphatic rings. The molecule has 5 nitrogen and oxygen atoms in total. The van der Waals surface area contributed by atoms with Gasteiger partial charge >= 0.3 is 0 Å². The number of benzene rings is 1. The van der Waals surface area contributed by atoms with Crippen LogP contribution in [0.2, 0.25) is 0 Å². The number of fused-ring (bicyclic) bond motifs is 4. The van der Waals surface area contributed by atoms with Crippen molar-refractivity contribution in [3.8, 4) is 11.3 Å². The molecule has 3 heterocycles. The van der Waals surface area contributed by atoms with Gasteiger partial charge in [-0.3, -0.25) is 4.98 Å². The summed E-state index contributed by atoms with van der Waals surface area (Å²) in [6.45, 7) is 4.12. The summed E-state index contributed by atoms with van der Waals surface area (Å²) in [6, 6.07) is 8.54. The normalized spacial score (nSPS) is 14.9. The predicted molar refractivity (Wildman–Crippen MR) is 121 cm³/mol. The van der Waals surface area contributed by atoms with Gasteiger partial charge in [-0.05, 0) is 62.8 Å². The van der Waals surface area contributed by atoms with Crippen molar-refractivity contribution in [2.24, 2.45) is 0 Å². The minimum atomic E-state index is 0.587. The van der Waals surface area contributed by atoms with E-state index in [0.29, 0.717) is 12.4 Å². The summed E-state index contributed by atoms with van der Waals surface area (Å²) < 4.78 is 0. The van der Waals surface area contributed by atoms with Crippen LogP contribution in [0.4, 0.5) is 17.3 Å². The van der Waals surface area contributed by atoms with E-state index in [1.165, 1.54) is 29.7 Å². The number of hydrogen-bond donors (Lipinski definition) is 2. The lowest BCUT2D eigenvalue weighted by Crippen LogP contribution is -2.11. The van der Waals surface area contributed by atoms with Gasteiger partial charge in [-0.15, -0.1) is 0 Å². The molecule has 1 aliphatic heterocycles. The first-order valence-corrected chi connectivity index (χ1v) is 10.5. The van der Waals surface area contributed by atoms with Crippen LogP contribution in [0.5, 0.6) is 0 Å². The van der Waals surface area contributed by atoms with E-state index in [1.54, 1.807) is 0 Å². The van der Waals surface area contributed by atoms with Crippen molar-refractivity contribution >= 4 is 34.5 Å². The van der Waals surface area contributed by atoms with Crippen LogP contribution in [0.15, 0.2) is 30.5 Å². The Kier molecular flexibility index (Phi) is 4.51. The Labute approximate surface area is 176 Å². The van der Waals surface area contributed by atoms with Gasteiger partial charge in [0.25, 0.3) is 0 Å². The highest BCUT2D eigenvalue weighted by molar-refractivity contribution is 7.80. The Morgan fingerprint density at radius 1 is 1.03 bits per heavy atom. The smallest absolute Gasteiger partial charge is 0.227 e. The molecule has 5 rings (SSSR count). The Bertz CT molecular complexity index is 1140. The molecule has 29 heavy (non-hydrogen) atoms. The van der Waals surface area contributed by atoms with E-state index in [0.717, 1.165) is 51.7 Å². The standard InChI is InChI=1S/C23H23N5S/c1-13-7-8-17-20(9-13)26-21(29)11-16-12-24-23(28-22(16)17)27-19-10-15-5-3-4-6-18(15)25-14(19)2/h7-10,12H,3-6,11H2,1-2H3,(H,26,29)(H,24,27,28). The fraction of sp³-hybridized carbons (Fsp3) is 0.304. The van der Waals surface area contributed by atoms with E-state index in [1.807, 2.05) is 13.1 Å². The quantitative estimate of drug-likeness (QED) is 0.585. The molecule has 2 N–H and O–H groups in total. The summed E-state index contributed by atoms with van der Waals surface area (Å²) in [5, 5.41) is 6.76. The second-order valence-electron chi connectivity index (χ2n) is 7.90. The number of rotatable bonds is 2. The molecular formula is C23H23N5S. The molecule has 1 aliphatic carbocycles. The Hall–Kier alpha value is -2.86. The molecule has 0 amide bonds. The summed E-state index contributed by atoms with van der Waals surface area (Å²) >= 11 is 5.51. The molecule has 0 saturated carbocycles. The van der Waals surface area contributed by atoms with E-state index in [-0.39, 0.29) is 0 Å². The van der Waals surface area contributed by atoms with Gasteiger partial charge < -0.3 is 10.6 Å². The third-order valence-electron chi connectivity index (χ3n) is 5.66. The van der Waals surface area contributed by atoms with Crippen molar-refractivity contribution in [2.45, 2.75) is 46.0 Å². The van der Waals surface area contributed by atoms with Crippen LogP contribution in [0.1, 0.15) is 40.9 Å². The number of nitrogens with one attached hydrogen (secondary N) is 2. The first-order chi connectivity index (χ1) is 14.1. The molecule has 0 spiro atoms. The van der Waals surface area contributed by atoms with Gasteiger partial charge in [-0.25, -0.2) is 9.97 Å². The number of hydrogen-bond acceptors (Lipinski definition) is 5. The average Bonchev–Trinajstić information content (AvgIpc) is 2.83. The van der Waals surface area contributed by atoms with Crippen LogP contribution < -0.4 is 10.6 Å². The second kappa shape index (κ2) is 7.19. The van der Waals surface area contributed by atoms with E-state index >= 15 is 0 Å². The second-order valence-corrected chi connectivity index (χ2v) is 8.39. The lowest BCUT2D eigenvalue weighted by Gasteiger charge is -2.18. The molecule has 0 atom stereocenters. The summed E-state index contributed by atoms with van der Waals surface area (Å²) in [5.41, 5.74) is 9.76. The number of anilines is 3. The Morgan fingerprint density at radius 3 is 2.79 bits per heavy atom. The highest BCUT2D eigenvalue weighted by atomic mass is 32.1. The first-order valence-electron chi connectivity index (χ1n) is 10.1. The molecule has 0 saturated heterocycles. The molecule has 1 aromatic carbocycles. The number of pyridine rings is 1. The van der Waals surface area contributed by atoms with Gasteiger partial charge in [0.1, 0.15) is 0 Å². The fourth-order valence-electron chi connectivity index (χ4n) is 4.15. The summed E-state index contributed by atoms with van der Waals surface area (Å²) in [5.74, 6) is 0.587. The summed E-state index contributed by atoms with van der Waals surface area (Å²) in [6.07, 6.45) is 7.16. The van der Waals surface area contributed by atoms with Gasteiger partial charge in [0.05, 0.1) is 22.1 Å². The van der Waals surface area contributed by atoms with Crippen LogP contribution in [-0.4, -0.2) is 19.9 Å². The third kappa shape index (κ3) is 3.49. The van der Waals surface area contributed by atoms with Crippen molar-refractivity contribution in [1.82, 2.24) is 15.0 Å². The molecule has 0 bridgehead atoms. The monoisotopic (exact) mass is 401 g/mol. The maximum Gasteiger partial charge on any atom is 0.227 e. The zero-order valence-corrected chi connectivity index (χ0v) is 17.5. The highest BCUT2D eigenvalue weighted by Gasteiger charge is 2.20. The first kappa shape index (κ1) is 18.2.